The Balaban J connectivity index is 1.77. The molecule has 4 rings (SSSR count). The van der Waals surface area contributed by atoms with Crippen LogP contribution in [0.25, 0.3) is 0 Å². The van der Waals surface area contributed by atoms with E-state index < -0.39 is 40.2 Å². The maximum absolute atomic E-state index is 14.2. The Hall–Kier alpha value is -4.41. The van der Waals surface area contributed by atoms with Crippen LogP contribution in [0, 0.1) is 5.82 Å². The Morgan fingerprint density at radius 3 is 2.09 bits per heavy atom. The summed E-state index contributed by atoms with van der Waals surface area (Å²) in [5.74, 6) is -1.17. The van der Waals surface area contributed by atoms with Crippen LogP contribution in [0.1, 0.15) is 11.1 Å². The van der Waals surface area contributed by atoms with E-state index in [1.807, 2.05) is 30.3 Å². The highest BCUT2D eigenvalue weighted by Gasteiger charge is 2.34. The van der Waals surface area contributed by atoms with Gasteiger partial charge in [-0.2, -0.15) is 0 Å². The van der Waals surface area contributed by atoms with Crippen LogP contribution in [0.3, 0.4) is 0 Å². The summed E-state index contributed by atoms with van der Waals surface area (Å²) in [6.45, 7) is -0.656. The number of carbonyl (C=O) groups is 2. The number of methoxy groups -OCH3 is 1. The molecule has 0 aromatic heterocycles. The standard InChI is InChI=1S/C32H31ClFN3O5S/c1-35-32(39)30(20-23-6-4-3-5-7-23)36(21-24-8-10-25(33)11-9-24)31(38)22-37(27-14-12-26(34)13-15-27)43(40,41)29-18-16-28(42-2)17-19-29/h3-19,30H,20-22H2,1-2H3,(H,35,39)/t30-/m1/s1. The first-order valence-electron chi connectivity index (χ1n) is 13.3. The van der Waals surface area contributed by atoms with Crippen LogP contribution >= 0.6 is 11.6 Å². The number of carbonyl (C=O) groups excluding carboxylic acids is 2. The van der Waals surface area contributed by atoms with Gasteiger partial charge in [0.05, 0.1) is 17.7 Å². The van der Waals surface area contributed by atoms with Crippen LogP contribution in [-0.4, -0.2) is 51.9 Å². The average Bonchev–Trinajstić information content (AvgIpc) is 3.03. The quantitative estimate of drug-likeness (QED) is 0.238. The molecule has 11 heteroatoms. The van der Waals surface area contributed by atoms with Crippen molar-refractivity contribution in [3.05, 3.63) is 125 Å². The number of hydrogen-bond donors (Lipinski definition) is 1. The number of rotatable bonds is 12. The minimum atomic E-state index is -4.32. The number of amides is 2. The first-order valence-corrected chi connectivity index (χ1v) is 15.2. The molecule has 0 bridgehead atoms. The van der Waals surface area contributed by atoms with Crippen LogP contribution in [0.4, 0.5) is 10.1 Å². The molecule has 0 radical (unpaired) electrons. The third-order valence-corrected chi connectivity index (χ3v) is 8.86. The normalized spacial score (nSPS) is 11.8. The van der Waals surface area contributed by atoms with Crippen LogP contribution in [0.2, 0.25) is 5.02 Å². The zero-order valence-electron chi connectivity index (χ0n) is 23.6. The number of nitrogens with zero attached hydrogens (tertiary/aromatic N) is 2. The summed E-state index contributed by atoms with van der Waals surface area (Å²) < 4.78 is 47.8. The number of benzene rings is 4. The monoisotopic (exact) mass is 623 g/mol. The predicted octanol–water partition coefficient (Wildman–Crippen LogP) is 5.07. The maximum Gasteiger partial charge on any atom is 0.264 e. The van der Waals surface area contributed by atoms with E-state index >= 15 is 0 Å². The van der Waals surface area contributed by atoms with Gasteiger partial charge in [0, 0.05) is 25.0 Å². The molecule has 43 heavy (non-hydrogen) atoms. The molecule has 0 spiro atoms. The first kappa shape index (κ1) is 31.5. The van der Waals surface area contributed by atoms with Gasteiger partial charge in [0.1, 0.15) is 24.2 Å². The van der Waals surface area contributed by atoms with Crippen LogP contribution < -0.4 is 14.4 Å². The molecule has 0 aliphatic heterocycles. The van der Waals surface area contributed by atoms with Gasteiger partial charge >= 0.3 is 0 Å². The van der Waals surface area contributed by atoms with Crippen molar-refractivity contribution in [3.63, 3.8) is 0 Å². The van der Waals surface area contributed by atoms with E-state index in [0.29, 0.717) is 16.3 Å². The van der Waals surface area contributed by atoms with Gasteiger partial charge in [0.25, 0.3) is 10.0 Å². The van der Waals surface area contributed by atoms with Crippen molar-refractivity contribution < 1.29 is 27.1 Å². The lowest BCUT2D eigenvalue weighted by Gasteiger charge is -2.33. The lowest BCUT2D eigenvalue weighted by molar-refractivity contribution is -0.139. The van der Waals surface area contributed by atoms with E-state index in [4.69, 9.17) is 16.3 Å². The molecule has 2 amide bonds. The molecule has 4 aromatic rings. The van der Waals surface area contributed by atoms with Gasteiger partial charge in [0.2, 0.25) is 11.8 Å². The average molecular weight is 624 g/mol. The van der Waals surface area contributed by atoms with Gasteiger partial charge in [-0.3, -0.25) is 13.9 Å². The molecular formula is C32H31ClFN3O5S. The molecule has 0 heterocycles. The summed E-state index contributed by atoms with van der Waals surface area (Å²) in [7, 11) is -1.38. The van der Waals surface area contributed by atoms with E-state index in [2.05, 4.69) is 5.32 Å². The smallest absolute Gasteiger partial charge is 0.264 e. The molecule has 1 N–H and O–H groups in total. The van der Waals surface area contributed by atoms with E-state index in [1.165, 1.54) is 55.5 Å². The molecule has 4 aromatic carbocycles. The van der Waals surface area contributed by atoms with Crippen molar-refractivity contribution in [2.45, 2.75) is 23.9 Å². The largest absolute Gasteiger partial charge is 0.497 e. The van der Waals surface area contributed by atoms with Crippen molar-refractivity contribution in [1.29, 1.82) is 0 Å². The van der Waals surface area contributed by atoms with Crippen molar-refractivity contribution in [3.8, 4) is 5.75 Å². The molecule has 1 atom stereocenters. The first-order chi connectivity index (χ1) is 20.6. The Labute approximate surface area is 255 Å². The molecule has 0 saturated heterocycles. The fraction of sp³-hybridized carbons (Fsp3) is 0.188. The molecule has 0 aliphatic carbocycles. The van der Waals surface area contributed by atoms with Crippen molar-refractivity contribution in [1.82, 2.24) is 10.2 Å². The van der Waals surface area contributed by atoms with Crippen LogP contribution in [-0.2, 0) is 32.6 Å². The van der Waals surface area contributed by atoms with Crippen LogP contribution in [0.5, 0.6) is 5.75 Å². The number of ether oxygens (including phenoxy) is 1. The molecule has 8 nitrogen and oxygen atoms in total. The number of nitrogens with one attached hydrogen (secondary N) is 1. The summed E-state index contributed by atoms with van der Waals surface area (Å²) in [5, 5.41) is 3.14. The van der Waals surface area contributed by atoms with Gasteiger partial charge in [-0.1, -0.05) is 54.1 Å². The minimum absolute atomic E-state index is 0.000758. The Kier molecular flexibility index (Phi) is 10.4. The summed E-state index contributed by atoms with van der Waals surface area (Å²) >= 11 is 6.08. The van der Waals surface area contributed by atoms with Crippen molar-refractivity contribution >= 4 is 39.1 Å². The Morgan fingerprint density at radius 1 is 0.884 bits per heavy atom. The van der Waals surface area contributed by atoms with Gasteiger partial charge in [0.15, 0.2) is 0 Å². The topological polar surface area (TPSA) is 96.0 Å². The summed E-state index contributed by atoms with van der Waals surface area (Å²) in [5.41, 5.74) is 1.58. The van der Waals surface area contributed by atoms with Gasteiger partial charge in [-0.05, 0) is 71.8 Å². The third-order valence-electron chi connectivity index (χ3n) is 6.82. The zero-order valence-corrected chi connectivity index (χ0v) is 25.2. The van der Waals surface area contributed by atoms with Crippen LogP contribution in [0.15, 0.2) is 108 Å². The zero-order chi connectivity index (χ0) is 31.0. The predicted molar refractivity (Wildman–Crippen MR) is 164 cm³/mol. The van der Waals surface area contributed by atoms with E-state index in [0.717, 1.165) is 22.0 Å². The minimum Gasteiger partial charge on any atom is -0.497 e. The van der Waals surface area contributed by atoms with Crippen molar-refractivity contribution in [2.75, 3.05) is 25.0 Å². The molecular weight excluding hydrogens is 593 g/mol. The number of anilines is 1. The lowest BCUT2D eigenvalue weighted by Crippen LogP contribution is -2.53. The highest BCUT2D eigenvalue weighted by molar-refractivity contribution is 7.92. The maximum atomic E-state index is 14.2. The molecule has 0 unspecified atom stereocenters. The molecule has 0 fully saturated rings. The SMILES string of the molecule is CNC(=O)[C@@H](Cc1ccccc1)N(Cc1ccc(Cl)cc1)C(=O)CN(c1ccc(F)cc1)S(=O)(=O)c1ccc(OC)cc1. The lowest BCUT2D eigenvalue weighted by atomic mass is 10.0. The number of hydrogen-bond acceptors (Lipinski definition) is 5. The van der Waals surface area contributed by atoms with E-state index in [9.17, 15) is 22.4 Å². The summed E-state index contributed by atoms with van der Waals surface area (Å²) in [4.78, 5) is 28.7. The summed E-state index contributed by atoms with van der Waals surface area (Å²) in [6.07, 6.45) is 0.182. The van der Waals surface area contributed by atoms with Crippen molar-refractivity contribution in [2.24, 2.45) is 0 Å². The second kappa shape index (κ2) is 14.2. The number of sulfonamides is 1. The molecule has 224 valence electrons. The van der Waals surface area contributed by atoms with Gasteiger partial charge < -0.3 is 15.0 Å². The highest BCUT2D eigenvalue weighted by atomic mass is 35.5. The van der Waals surface area contributed by atoms with Gasteiger partial charge in [-0.15, -0.1) is 0 Å². The summed E-state index contributed by atoms with van der Waals surface area (Å²) in [6, 6.07) is 25.6. The molecule has 0 aliphatic rings. The van der Waals surface area contributed by atoms with E-state index in [1.54, 1.807) is 24.3 Å². The second-order valence-corrected chi connectivity index (χ2v) is 11.9. The van der Waals surface area contributed by atoms with Gasteiger partial charge in [-0.25, -0.2) is 12.8 Å². The fourth-order valence-corrected chi connectivity index (χ4v) is 6.06. The second-order valence-electron chi connectivity index (χ2n) is 9.63. The highest BCUT2D eigenvalue weighted by Crippen LogP contribution is 2.27. The number of halogens is 2. The van der Waals surface area contributed by atoms with E-state index in [-0.39, 0.29) is 23.5 Å². The Bertz CT molecular complexity index is 1640. The Morgan fingerprint density at radius 2 is 1.51 bits per heavy atom. The molecule has 0 saturated carbocycles. The fourth-order valence-electron chi connectivity index (χ4n) is 4.52. The number of likely N-dealkylation sites (N-methyl/N-ethyl adjacent to an activating group) is 1. The third kappa shape index (κ3) is 7.91.